The van der Waals surface area contributed by atoms with E-state index in [1.54, 1.807) is 6.92 Å². The van der Waals surface area contributed by atoms with Crippen LogP contribution in [-0.4, -0.2) is 35.6 Å². The molecule has 0 amide bonds. The summed E-state index contributed by atoms with van der Waals surface area (Å²) in [5, 5.41) is 10.7. The summed E-state index contributed by atoms with van der Waals surface area (Å²) in [6.45, 7) is 1.63. The van der Waals surface area contributed by atoms with Gasteiger partial charge in [-0.15, -0.1) is 0 Å². The first-order chi connectivity index (χ1) is 9.67. The summed E-state index contributed by atoms with van der Waals surface area (Å²) in [7, 11) is -4.90. The summed E-state index contributed by atoms with van der Waals surface area (Å²) in [6, 6.07) is 0.515. The Morgan fingerprint density at radius 2 is 2.19 bits per heavy atom. The van der Waals surface area contributed by atoms with E-state index in [0.717, 1.165) is 6.07 Å². The largest absolute Gasteiger partial charge is 0.310 e. The molecule has 0 fully saturated rings. The van der Waals surface area contributed by atoms with Crippen molar-refractivity contribution < 1.29 is 17.6 Å². The molecule has 1 aromatic rings. The van der Waals surface area contributed by atoms with Gasteiger partial charge < -0.3 is 5.43 Å². The van der Waals surface area contributed by atoms with Gasteiger partial charge >= 0.3 is 5.69 Å². The fraction of sp³-hybridized carbons (Fsp3) is 0.556. The van der Waals surface area contributed by atoms with Crippen LogP contribution in [0.15, 0.2) is 10.3 Å². The second-order valence-corrected chi connectivity index (χ2v) is 8.82. The SMILES string of the molecule is CC(CCS(C)=O)NS(=O)(=O)c1cc([N+](=O)[O-])c(NN)s1. The van der Waals surface area contributed by atoms with Crippen molar-refractivity contribution in [1.29, 1.82) is 0 Å². The van der Waals surface area contributed by atoms with Crippen molar-refractivity contribution in [2.75, 3.05) is 17.4 Å². The summed E-state index contributed by atoms with van der Waals surface area (Å²) in [6.07, 6.45) is 1.93. The van der Waals surface area contributed by atoms with Gasteiger partial charge in [0.05, 0.1) is 4.92 Å². The fourth-order valence-electron chi connectivity index (χ4n) is 1.46. The Labute approximate surface area is 128 Å². The van der Waals surface area contributed by atoms with Gasteiger partial charge in [-0.25, -0.2) is 19.0 Å². The van der Waals surface area contributed by atoms with E-state index in [9.17, 15) is 22.7 Å². The van der Waals surface area contributed by atoms with Gasteiger partial charge in [0.1, 0.15) is 4.21 Å². The summed E-state index contributed by atoms with van der Waals surface area (Å²) in [5.74, 6) is 5.50. The molecule has 2 atom stereocenters. The van der Waals surface area contributed by atoms with Crippen LogP contribution in [-0.2, 0) is 20.8 Å². The smallest absolute Gasteiger partial charge is 0.306 e. The Kier molecular flexibility index (Phi) is 6.22. The van der Waals surface area contributed by atoms with Crippen molar-refractivity contribution in [2.45, 2.75) is 23.6 Å². The topological polar surface area (TPSA) is 144 Å². The molecule has 2 unspecified atom stereocenters. The number of nitrogens with one attached hydrogen (secondary N) is 2. The summed E-state index contributed by atoms with van der Waals surface area (Å²) < 4.78 is 37.4. The first-order valence-electron chi connectivity index (χ1n) is 5.74. The Balaban J connectivity index is 2.92. The molecule has 120 valence electrons. The van der Waals surface area contributed by atoms with E-state index >= 15 is 0 Å². The molecule has 0 aliphatic rings. The van der Waals surface area contributed by atoms with Crippen molar-refractivity contribution in [3.8, 4) is 0 Å². The highest BCUT2D eigenvalue weighted by molar-refractivity contribution is 7.91. The van der Waals surface area contributed by atoms with Crippen LogP contribution in [0, 0.1) is 10.1 Å². The number of nitrogens with zero attached hydrogens (tertiary/aromatic N) is 1. The first-order valence-corrected chi connectivity index (χ1v) is 9.77. The average Bonchev–Trinajstić information content (AvgIpc) is 2.80. The maximum Gasteiger partial charge on any atom is 0.306 e. The predicted molar refractivity (Wildman–Crippen MR) is 82.1 cm³/mol. The van der Waals surface area contributed by atoms with E-state index in [-0.39, 0.29) is 9.21 Å². The number of rotatable bonds is 8. The lowest BCUT2D eigenvalue weighted by Gasteiger charge is -2.12. The number of hydrazine groups is 1. The monoisotopic (exact) mass is 356 g/mol. The van der Waals surface area contributed by atoms with Gasteiger partial charge in [-0.1, -0.05) is 11.3 Å². The van der Waals surface area contributed by atoms with E-state index in [2.05, 4.69) is 10.1 Å². The molecule has 9 nitrogen and oxygen atoms in total. The minimum Gasteiger partial charge on any atom is -0.310 e. The van der Waals surface area contributed by atoms with E-state index in [0.29, 0.717) is 23.5 Å². The lowest BCUT2D eigenvalue weighted by atomic mass is 10.3. The third-order valence-corrected chi connectivity index (χ3v) is 6.41. The number of thiophene rings is 1. The number of nitrogens with two attached hydrogens (primary N) is 1. The molecular weight excluding hydrogens is 340 g/mol. The van der Waals surface area contributed by atoms with E-state index in [1.165, 1.54) is 6.26 Å². The Bertz CT molecular complexity index is 642. The van der Waals surface area contributed by atoms with Gasteiger partial charge in [-0.2, -0.15) is 0 Å². The molecule has 0 spiro atoms. The van der Waals surface area contributed by atoms with E-state index in [1.807, 2.05) is 0 Å². The number of hydrogen-bond acceptors (Lipinski definition) is 8. The molecule has 1 aromatic heterocycles. The van der Waals surface area contributed by atoms with Crippen LogP contribution in [0.1, 0.15) is 13.3 Å². The summed E-state index contributed by atoms with van der Waals surface area (Å²) in [5.41, 5.74) is 1.71. The Morgan fingerprint density at radius 3 is 2.62 bits per heavy atom. The number of hydrogen-bond donors (Lipinski definition) is 3. The van der Waals surface area contributed by atoms with Gasteiger partial charge in [0.15, 0.2) is 5.00 Å². The summed E-state index contributed by atoms with van der Waals surface area (Å²) >= 11 is 0.673. The zero-order chi connectivity index (χ0) is 16.2. The molecule has 1 heterocycles. The standard InChI is InChI=1S/C9H16N4O5S3/c1-6(3-4-20(2)16)12-21(17,18)8-5-7(13(14)15)9(11-10)19-8/h5-6,11-12H,3-4,10H2,1-2H3. The molecule has 12 heteroatoms. The second kappa shape index (κ2) is 7.26. The maximum absolute atomic E-state index is 12.1. The molecule has 21 heavy (non-hydrogen) atoms. The van der Waals surface area contributed by atoms with Crippen molar-refractivity contribution in [2.24, 2.45) is 5.84 Å². The molecule has 0 aromatic carbocycles. The lowest BCUT2D eigenvalue weighted by molar-refractivity contribution is -0.383. The van der Waals surface area contributed by atoms with Crippen LogP contribution in [0.5, 0.6) is 0 Å². The van der Waals surface area contributed by atoms with Gasteiger partial charge in [0, 0.05) is 34.9 Å². The zero-order valence-electron chi connectivity index (χ0n) is 11.4. The normalized spacial score (nSPS) is 14.6. The molecule has 0 radical (unpaired) electrons. The molecule has 0 bridgehead atoms. The molecule has 4 N–H and O–H groups in total. The molecule has 0 aliphatic carbocycles. The molecule has 1 rings (SSSR count). The number of nitro groups is 1. The van der Waals surface area contributed by atoms with Crippen LogP contribution >= 0.6 is 11.3 Å². The third kappa shape index (κ3) is 5.00. The molecule has 0 saturated heterocycles. The minimum absolute atomic E-state index is 0.0392. The van der Waals surface area contributed by atoms with Crippen molar-refractivity contribution in [3.63, 3.8) is 0 Å². The highest BCUT2D eigenvalue weighted by Gasteiger charge is 2.26. The fourth-order valence-corrected chi connectivity index (χ4v) is 4.67. The van der Waals surface area contributed by atoms with Crippen LogP contribution in [0.2, 0.25) is 0 Å². The van der Waals surface area contributed by atoms with Crippen LogP contribution in [0.25, 0.3) is 0 Å². The van der Waals surface area contributed by atoms with Gasteiger partial charge in [0.25, 0.3) is 10.0 Å². The van der Waals surface area contributed by atoms with Crippen molar-refractivity contribution >= 4 is 42.8 Å². The quantitative estimate of drug-likeness (QED) is 0.347. The number of anilines is 1. The maximum atomic E-state index is 12.1. The average molecular weight is 356 g/mol. The predicted octanol–water partition coefficient (Wildman–Crippen LogP) is 0.377. The minimum atomic E-state index is -3.88. The highest BCUT2D eigenvalue weighted by Crippen LogP contribution is 2.36. The second-order valence-electron chi connectivity index (χ2n) is 4.27. The van der Waals surface area contributed by atoms with Gasteiger partial charge in [0.2, 0.25) is 0 Å². The van der Waals surface area contributed by atoms with Crippen molar-refractivity contribution in [1.82, 2.24) is 4.72 Å². The lowest BCUT2D eigenvalue weighted by Crippen LogP contribution is -2.33. The van der Waals surface area contributed by atoms with E-state index < -0.39 is 37.5 Å². The number of sulfonamides is 1. The summed E-state index contributed by atoms with van der Waals surface area (Å²) in [4.78, 5) is 10.1. The van der Waals surface area contributed by atoms with Crippen LogP contribution < -0.4 is 16.0 Å². The molecular formula is C9H16N4O5S3. The first kappa shape index (κ1) is 18.0. The number of nitrogen functional groups attached to an aromatic ring is 1. The third-order valence-electron chi connectivity index (χ3n) is 2.48. The molecule has 0 saturated carbocycles. The Hall–Kier alpha value is -1.08. The van der Waals surface area contributed by atoms with Crippen LogP contribution in [0.4, 0.5) is 10.7 Å². The Morgan fingerprint density at radius 1 is 1.57 bits per heavy atom. The van der Waals surface area contributed by atoms with Gasteiger partial charge in [-0.3, -0.25) is 14.3 Å². The van der Waals surface area contributed by atoms with Crippen molar-refractivity contribution in [3.05, 3.63) is 16.2 Å². The van der Waals surface area contributed by atoms with Crippen LogP contribution in [0.3, 0.4) is 0 Å². The van der Waals surface area contributed by atoms with E-state index in [4.69, 9.17) is 5.84 Å². The highest BCUT2D eigenvalue weighted by atomic mass is 32.2. The molecule has 0 aliphatic heterocycles. The van der Waals surface area contributed by atoms with Gasteiger partial charge in [-0.05, 0) is 13.3 Å². The zero-order valence-corrected chi connectivity index (χ0v) is 13.8.